The Balaban J connectivity index is 1.55. The second-order valence-corrected chi connectivity index (χ2v) is 7.61. The molecule has 0 atom stereocenters. The normalized spacial score (nSPS) is 19.9. The van der Waals surface area contributed by atoms with Gasteiger partial charge in [0.15, 0.2) is 0 Å². The summed E-state index contributed by atoms with van der Waals surface area (Å²) in [6.07, 6.45) is 1.54. The van der Waals surface area contributed by atoms with E-state index in [2.05, 4.69) is 0 Å². The Morgan fingerprint density at radius 2 is 1.74 bits per heavy atom. The van der Waals surface area contributed by atoms with E-state index in [1.165, 1.54) is 10.4 Å². The van der Waals surface area contributed by atoms with Crippen molar-refractivity contribution in [3.63, 3.8) is 0 Å². The summed E-state index contributed by atoms with van der Waals surface area (Å²) in [5.41, 5.74) is 1.18. The molecule has 0 unspecified atom stereocenters. The first-order chi connectivity index (χ1) is 11.1. The molecule has 1 aromatic heterocycles. The number of thiophene rings is 1. The summed E-state index contributed by atoms with van der Waals surface area (Å²) >= 11 is 1.57. The molecule has 0 radical (unpaired) electrons. The molecular weight excluding hydrogens is 312 g/mol. The fourth-order valence-corrected chi connectivity index (χ4v) is 4.21. The fraction of sp³-hybridized carbons (Fsp3) is 0.647. The Labute approximate surface area is 141 Å². The lowest BCUT2D eigenvalue weighted by atomic mass is 9.95. The summed E-state index contributed by atoms with van der Waals surface area (Å²) in [4.78, 5) is 30.9. The highest BCUT2D eigenvalue weighted by Gasteiger charge is 2.31. The Kier molecular flexibility index (Phi) is 5.02. The van der Waals surface area contributed by atoms with E-state index in [1.54, 1.807) is 11.3 Å². The zero-order chi connectivity index (χ0) is 16.4. The molecule has 1 aromatic rings. The molecule has 0 aliphatic carbocycles. The first-order valence-corrected chi connectivity index (χ1v) is 9.10. The van der Waals surface area contributed by atoms with E-state index in [1.807, 2.05) is 29.7 Å². The van der Waals surface area contributed by atoms with E-state index < -0.39 is 0 Å². The van der Waals surface area contributed by atoms with E-state index in [0.29, 0.717) is 39.4 Å². The van der Waals surface area contributed by atoms with Crippen LogP contribution in [-0.2, 0) is 9.53 Å². The van der Waals surface area contributed by atoms with Gasteiger partial charge in [0.2, 0.25) is 5.91 Å². The maximum absolute atomic E-state index is 12.6. The molecule has 2 saturated heterocycles. The highest BCUT2D eigenvalue weighted by atomic mass is 32.1. The van der Waals surface area contributed by atoms with Crippen molar-refractivity contribution >= 4 is 23.2 Å². The maximum atomic E-state index is 12.6. The average molecular weight is 336 g/mol. The van der Waals surface area contributed by atoms with Crippen molar-refractivity contribution in [3.05, 3.63) is 21.4 Å². The van der Waals surface area contributed by atoms with Crippen molar-refractivity contribution in [1.82, 2.24) is 9.80 Å². The number of morpholine rings is 1. The van der Waals surface area contributed by atoms with Gasteiger partial charge < -0.3 is 14.5 Å². The topological polar surface area (TPSA) is 49.9 Å². The van der Waals surface area contributed by atoms with E-state index in [-0.39, 0.29) is 17.7 Å². The monoisotopic (exact) mass is 336 g/mol. The van der Waals surface area contributed by atoms with Crippen LogP contribution in [-0.4, -0.2) is 61.0 Å². The fourth-order valence-electron chi connectivity index (χ4n) is 3.21. The van der Waals surface area contributed by atoms with E-state index in [4.69, 9.17) is 4.74 Å². The molecule has 0 bridgehead atoms. The van der Waals surface area contributed by atoms with Crippen molar-refractivity contribution in [3.8, 4) is 0 Å². The summed E-state index contributed by atoms with van der Waals surface area (Å²) < 4.78 is 5.30. The molecule has 2 aliphatic heterocycles. The van der Waals surface area contributed by atoms with Gasteiger partial charge >= 0.3 is 0 Å². The van der Waals surface area contributed by atoms with Gasteiger partial charge in [-0.25, -0.2) is 0 Å². The predicted octanol–water partition coefficient (Wildman–Crippen LogP) is 2.08. The van der Waals surface area contributed by atoms with Crippen LogP contribution in [0.4, 0.5) is 0 Å². The number of amides is 2. The quantitative estimate of drug-likeness (QED) is 0.831. The summed E-state index contributed by atoms with van der Waals surface area (Å²) in [6.45, 7) is 8.11. The molecule has 2 amide bonds. The molecule has 6 heteroatoms. The second kappa shape index (κ2) is 7.01. The molecule has 3 rings (SSSR count). The van der Waals surface area contributed by atoms with Gasteiger partial charge in [0.25, 0.3) is 5.91 Å². The minimum atomic E-state index is 0.0592. The molecule has 0 saturated carbocycles. The molecule has 126 valence electrons. The number of aryl methyl sites for hydroxylation is 2. The molecule has 2 aliphatic rings. The van der Waals surface area contributed by atoms with Gasteiger partial charge in [0, 0.05) is 37.0 Å². The summed E-state index contributed by atoms with van der Waals surface area (Å²) in [6, 6.07) is 1.98. The van der Waals surface area contributed by atoms with Gasteiger partial charge in [-0.2, -0.15) is 0 Å². The largest absolute Gasteiger partial charge is 0.378 e. The van der Waals surface area contributed by atoms with Crippen LogP contribution >= 0.6 is 11.3 Å². The van der Waals surface area contributed by atoms with Gasteiger partial charge in [-0.05, 0) is 38.3 Å². The SMILES string of the molecule is Cc1cc(C(=O)N2CCC(C(=O)N3CCOCC3)CC2)sc1C. The number of carbonyl (C=O) groups excluding carboxylic acids is 2. The molecular formula is C17H24N2O3S. The minimum absolute atomic E-state index is 0.0592. The molecule has 5 nitrogen and oxygen atoms in total. The van der Waals surface area contributed by atoms with Gasteiger partial charge in [-0.1, -0.05) is 0 Å². The van der Waals surface area contributed by atoms with Gasteiger partial charge in [0.1, 0.15) is 0 Å². The van der Waals surface area contributed by atoms with Gasteiger partial charge in [-0.15, -0.1) is 11.3 Å². The molecule has 0 spiro atoms. The van der Waals surface area contributed by atoms with Crippen LogP contribution in [0.1, 0.15) is 33.0 Å². The maximum Gasteiger partial charge on any atom is 0.263 e. The van der Waals surface area contributed by atoms with Gasteiger partial charge in [0.05, 0.1) is 18.1 Å². The third-order valence-electron chi connectivity index (χ3n) is 4.83. The van der Waals surface area contributed by atoms with Crippen LogP contribution in [0.5, 0.6) is 0 Å². The van der Waals surface area contributed by atoms with Crippen LogP contribution in [0.2, 0.25) is 0 Å². The number of hydrogen-bond donors (Lipinski definition) is 0. The van der Waals surface area contributed by atoms with Crippen molar-refractivity contribution in [2.75, 3.05) is 39.4 Å². The summed E-state index contributed by atoms with van der Waals surface area (Å²) in [7, 11) is 0. The Morgan fingerprint density at radius 3 is 2.30 bits per heavy atom. The Morgan fingerprint density at radius 1 is 1.09 bits per heavy atom. The van der Waals surface area contributed by atoms with Crippen LogP contribution in [0.25, 0.3) is 0 Å². The second-order valence-electron chi connectivity index (χ2n) is 6.35. The summed E-state index contributed by atoms with van der Waals surface area (Å²) in [5.74, 6) is 0.413. The first kappa shape index (κ1) is 16.5. The summed E-state index contributed by atoms with van der Waals surface area (Å²) in [5, 5.41) is 0. The van der Waals surface area contributed by atoms with Crippen molar-refractivity contribution in [2.24, 2.45) is 5.92 Å². The number of ether oxygens (including phenoxy) is 1. The predicted molar refractivity (Wildman–Crippen MR) is 89.8 cm³/mol. The van der Waals surface area contributed by atoms with Crippen molar-refractivity contribution < 1.29 is 14.3 Å². The number of piperidine rings is 1. The number of rotatable bonds is 2. The highest BCUT2D eigenvalue weighted by molar-refractivity contribution is 7.14. The van der Waals surface area contributed by atoms with Crippen LogP contribution in [0.15, 0.2) is 6.07 Å². The van der Waals surface area contributed by atoms with Crippen molar-refractivity contribution in [1.29, 1.82) is 0 Å². The lowest BCUT2D eigenvalue weighted by molar-refractivity contribution is -0.141. The zero-order valence-electron chi connectivity index (χ0n) is 13.8. The number of carbonyl (C=O) groups is 2. The van der Waals surface area contributed by atoms with E-state index in [0.717, 1.165) is 17.7 Å². The lowest BCUT2D eigenvalue weighted by Gasteiger charge is -2.35. The zero-order valence-corrected chi connectivity index (χ0v) is 14.7. The first-order valence-electron chi connectivity index (χ1n) is 8.29. The third-order valence-corrected chi connectivity index (χ3v) is 5.97. The number of likely N-dealkylation sites (tertiary alicyclic amines) is 1. The van der Waals surface area contributed by atoms with E-state index >= 15 is 0 Å². The van der Waals surface area contributed by atoms with Crippen molar-refractivity contribution in [2.45, 2.75) is 26.7 Å². The molecule has 0 N–H and O–H groups in total. The van der Waals surface area contributed by atoms with Crippen LogP contribution < -0.4 is 0 Å². The number of nitrogens with zero attached hydrogens (tertiary/aromatic N) is 2. The smallest absolute Gasteiger partial charge is 0.263 e. The Bertz CT molecular complexity index is 565. The molecule has 23 heavy (non-hydrogen) atoms. The third kappa shape index (κ3) is 3.58. The highest BCUT2D eigenvalue weighted by Crippen LogP contribution is 2.25. The van der Waals surface area contributed by atoms with Crippen LogP contribution in [0.3, 0.4) is 0 Å². The van der Waals surface area contributed by atoms with Crippen LogP contribution in [0, 0.1) is 19.8 Å². The average Bonchev–Trinajstić information content (AvgIpc) is 2.93. The number of hydrogen-bond acceptors (Lipinski definition) is 4. The van der Waals surface area contributed by atoms with E-state index in [9.17, 15) is 9.59 Å². The molecule has 0 aromatic carbocycles. The minimum Gasteiger partial charge on any atom is -0.378 e. The Hall–Kier alpha value is -1.40. The lowest BCUT2D eigenvalue weighted by Crippen LogP contribution is -2.47. The molecule has 3 heterocycles. The standard InChI is InChI=1S/C17H24N2O3S/c1-12-11-15(23-13(12)2)17(21)18-5-3-14(4-6-18)16(20)19-7-9-22-10-8-19/h11,14H,3-10H2,1-2H3. The van der Waals surface area contributed by atoms with Gasteiger partial charge in [-0.3, -0.25) is 9.59 Å². The molecule has 2 fully saturated rings.